The Bertz CT molecular complexity index is 743. The van der Waals surface area contributed by atoms with Crippen molar-refractivity contribution in [2.45, 2.75) is 76.0 Å². The van der Waals surface area contributed by atoms with Crippen LogP contribution < -0.4 is 15.6 Å². The van der Waals surface area contributed by atoms with E-state index >= 15 is 0 Å². The molecule has 3 fully saturated rings. The molecule has 5 heteroatoms. The summed E-state index contributed by atoms with van der Waals surface area (Å²) in [5.41, 5.74) is 7.84. The first-order valence-corrected chi connectivity index (χ1v) is 11.5. The smallest absolute Gasteiger partial charge is 0.241 e. The summed E-state index contributed by atoms with van der Waals surface area (Å²) in [6.07, 6.45) is 13.9. The third-order valence-corrected chi connectivity index (χ3v) is 7.10. The Morgan fingerprint density at radius 1 is 1.03 bits per heavy atom. The first-order chi connectivity index (χ1) is 14.3. The van der Waals surface area contributed by atoms with E-state index in [4.69, 9.17) is 4.74 Å². The average molecular weight is 396 g/mol. The summed E-state index contributed by atoms with van der Waals surface area (Å²) in [5, 5.41) is 0. The number of hydrazine groups is 1. The summed E-state index contributed by atoms with van der Waals surface area (Å²) in [7, 11) is 0. The number of nitrogens with one attached hydrogen (secondary N) is 2. The number of allylic oxidation sites excluding steroid dienone is 2. The molecule has 1 aromatic rings. The summed E-state index contributed by atoms with van der Waals surface area (Å²) >= 11 is 0. The first-order valence-electron chi connectivity index (χ1n) is 11.5. The van der Waals surface area contributed by atoms with Gasteiger partial charge in [-0.05, 0) is 68.6 Å². The lowest BCUT2D eigenvalue weighted by molar-refractivity contribution is -0.135. The van der Waals surface area contributed by atoms with E-state index in [1.807, 2.05) is 0 Å². The van der Waals surface area contributed by atoms with Gasteiger partial charge in [0, 0.05) is 24.5 Å². The molecule has 1 saturated heterocycles. The van der Waals surface area contributed by atoms with E-state index in [2.05, 4.69) is 52.2 Å². The third-order valence-electron chi connectivity index (χ3n) is 7.10. The van der Waals surface area contributed by atoms with Crippen molar-refractivity contribution in [1.82, 2.24) is 15.8 Å². The molecule has 0 spiro atoms. The SMILES string of the molecule is O=C(C1NNC2CCCC21)N(Cc1ccc(OCC2CC=CCC2)cc1)C1CC1. The van der Waals surface area contributed by atoms with Crippen molar-refractivity contribution in [3.63, 3.8) is 0 Å². The predicted octanol–water partition coefficient (Wildman–Crippen LogP) is 3.56. The third kappa shape index (κ3) is 4.36. The molecule has 5 rings (SSSR count). The molecule has 1 aromatic carbocycles. The summed E-state index contributed by atoms with van der Waals surface area (Å²) in [4.78, 5) is 15.4. The van der Waals surface area contributed by atoms with Gasteiger partial charge in [-0.1, -0.05) is 30.7 Å². The highest BCUT2D eigenvalue weighted by atomic mass is 16.5. The lowest BCUT2D eigenvalue weighted by atomic mass is 9.95. The van der Waals surface area contributed by atoms with Gasteiger partial charge in [-0.3, -0.25) is 10.2 Å². The zero-order chi connectivity index (χ0) is 19.6. The fourth-order valence-electron chi connectivity index (χ4n) is 5.18. The summed E-state index contributed by atoms with van der Waals surface area (Å²) in [6.45, 7) is 1.49. The number of carbonyl (C=O) groups excluding carboxylic acids is 1. The van der Waals surface area contributed by atoms with Crippen molar-refractivity contribution in [3.05, 3.63) is 42.0 Å². The van der Waals surface area contributed by atoms with Gasteiger partial charge in [0.1, 0.15) is 11.8 Å². The number of hydrogen-bond acceptors (Lipinski definition) is 4. The van der Waals surface area contributed by atoms with Gasteiger partial charge in [0.2, 0.25) is 5.91 Å². The van der Waals surface area contributed by atoms with Crippen LogP contribution in [-0.2, 0) is 11.3 Å². The second-order valence-electron chi connectivity index (χ2n) is 9.27. The molecule has 156 valence electrons. The predicted molar refractivity (Wildman–Crippen MR) is 113 cm³/mol. The van der Waals surface area contributed by atoms with Crippen LogP contribution in [0.15, 0.2) is 36.4 Å². The largest absolute Gasteiger partial charge is 0.493 e. The Morgan fingerprint density at radius 3 is 2.66 bits per heavy atom. The maximum Gasteiger partial charge on any atom is 0.241 e. The molecule has 2 N–H and O–H groups in total. The fourth-order valence-corrected chi connectivity index (χ4v) is 5.18. The van der Waals surface area contributed by atoms with Gasteiger partial charge >= 0.3 is 0 Å². The maximum absolute atomic E-state index is 13.3. The highest BCUT2D eigenvalue weighted by Gasteiger charge is 2.46. The van der Waals surface area contributed by atoms with Crippen LogP contribution >= 0.6 is 0 Å². The molecule has 0 radical (unpaired) electrons. The van der Waals surface area contributed by atoms with Crippen LogP contribution in [0.25, 0.3) is 0 Å². The van der Waals surface area contributed by atoms with Crippen LogP contribution in [0.4, 0.5) is 0 Å². The molecule has 4 atom stereocenters. The zero-order valence-electron chi connectivity index (χ0n) is 17.2. The van der Waals surface area contributed by atoms with Crippen LogP contribution in [0.5, 0.6) is 5.75 Å². The van der Waals surface area contributed by atoms with Crippen molar-refractivity contribution in [2.75, 3.05) is 6.61 Å². The number of benzene rings is 1. The minimum atomic E-state index is -0.0600. The van der Waals surface area contributed by atoms with E-state index < -0.39 is 0 Å². The van der Waals surface area contributed by atoms with Crippen molar-refractivity contribution < 1.29 is 9.53 Å². The number of fused-ring (bicyclic) bond motifs is 1. The Hall–Kier alpha value is -1.85. The normalized spacial score (nSPS) is 30.9. The number of amides is 1. The molecule has 0 aromatic heterocycles. The number of rotatable bonds is 7. The molecule has 2 saturated carbocycles. The van der Waals surface area contributed by atoms with Gasteiger partial charge in [-0.25, -0.2) is 5.43 Å². The first kappa shape index (κ1) is 19.1. The fraction of sp³-hybridized carbons (Fsp3) is 0.625. The van der Waals surface area contributed by atoms with Gasteiger partial charge in [-0.2, -0.15) is 0 Å². The summed E-state index contributed by atoms with van der Waals surface area (Å²) in [5.74, 6) is 2.30. The molecule has 4 unspecified atom stereocenters. The molecule has 3 aliphatic carbocycles. The van der Waals surface area contributed by atoms with Gasteiger partial charge in [-0.15, -0.1) is 0 Å². The van der Waals surface area contributed by atoms with Crippen LogP contribution in [-0.4, -0.2) is 35.5 Å². The second-order valence-corrected chi connectivity index (χ2v) is 9.27. The number of carbonyl (C=O) groups is 1. The van der Waals surface area contributed by atoms with Crippen LogP contribution in [0.3, 0.4) is 0 Å². The minimum Gasteiger partial charge on any atom is -0.493 e. The maximum atomic E-state index is 13.3. The Kier molecular flexibility index (Phi) is 5.60. The van der Waals surface area contributed by atoms with Crippen molar-refractivity contribution >= 4 is 5.91 Å². The van der Waals surface area contributed by atoms with Crippen molar-refractivity contribution in [3.8, 4) is 5.75 Å². The number of nitrogens with zero attached hydrogens (tertiary/aromatic N) is 1. The standard InChI is InChI=1S/C24H33N3O2/c28-24(23-21-7-4-8-22(21)25-26-23)27(19-11-12-19)15-17-9-13-20(14-10-17)29-16-18-5-2-1-3-6-18/h1-2,9-10,13-14,18-19,21-23,25-26H,3-8,11-12,15-16H2. The molecule has 0 bridgehead atoms. The van der Waals surface area contributed by atoms with Gasteiger partial charge in [0.15, 0.2) is 0 Å². The highest BCUT2D eigenvalue weighted by molar-refractivity contribution is 5.83. The van der Waals surface area contributed by atoms with Crippen LogP contribution in [0.2, 0.25) is 0 Å². The molecular formula is C24H33N3O2. The number of hydrogen-bond donors (Lipinski definition) is 2. The van der Waals surface area contributed by atoms with Gasteiger partial charge in [0.25, 0.3) is 0 Å². The molecule has 5 nitrogen and oxygen atoms in total. The van der Waals surface area contributed by atoms with E-state index in [0.717, 1.165) is 38.0 Å². The Balaban J connectivity index is 1.19. The quantitative estimate of drug-likeness (QED) is 0.693. The monoisotopic (exact) mass is 395 g/mol. The minimum absolute atomic E-state index is 0.0600. The van der Waals surface area contributed by atoms with E-state index in [0.29, 0.717) is 30.5 Å². The molecule has 4 aliphatic rings. The van der Waals surface area contributed by atoms with Gasteiger partial charge < -0.3 is 9.64 Å². The molecule has 1 aliphatic heterocycles. The molecule has 1 heterocycles. The van der Waals surface area contributed by atoms with Crippen molar-refractivity contribution in [2.24, 2.45) is 11.8 Å². The summed E-state index contributed by atoms with van der Waals surface area (Å²) < 4.78 is 6.01. The lowest BCUT2D eigenvalue weighted by Crippen LogP contribution is -2.48. The topological polar surface area (TPSA) is 53.6 Å². The van der Waals surface area contributed by atoms with Crippen molar-refractivity contribution in [1.29, 1.82) is 0 Å². The van der Waals surface area contributed by atoms with E-state index in [-0.39, 0.29) is 11.9 Å². The Labute approximate surface area is 173 Å². The van der Waals surface area contributed by atoms with Crippen LogP contribution in [0.1, 0.15) is 56.9 Å². The Morgan fingerprint density at radius 2 is 1.90 bits per heavy atom. The molecular weight excluding hydrogens is 362 g/mol. The summed E-state index contributed by atoms with van der Waals surface area (Å²) in [6, 6.07) is 9.20. The second kappa shape index (κ2) is 8.49. The van der Waals surface area contributed by atoms with E-state index in [1.54, 1.807) is 0 Å². The highest BCUT2D eigenvalue weighted by Crippen LogP contribution is 2.35. The lowest BCUT2D eigenvalue weighted by Gasteiger charge is -2.28. The van der Waals surface area contributed by atoms with E-state index in [1.165, 1.54) is 31.2 Å². The molecule has 1 amide bonds. The van der Waals surface area contributed by atoms with Gasteiger partial charge in [0.05, 0.1) is 6.61 Å². The average Bonchev–Trinajstić information content (AvgIpc) is 3.35. The molecule has 29 heavy (non-hydrogen) atoms. The van der Waals surface area contributed by atoms with Crippen LogP contribution in [0, 0.1) is 11.8 Å². The number of ether oxygens (including phenoxy) is 1. The van der Waals surface area contributed by atoms with E-state index in [9.17, 15) is 4.79 Å². The zero-order valence-corrected chi connectivity index (χ0v) is 17.2.